The van der Waals surface area contributed by atoms with Crippen LogP contribution in [0.25, 0.3) is 0 Å². The molecule has 0 aromatic heterocycles. The van der Waals surface area contributed by atoms with Gasteiger partial charge in [0.1, 0.15) is 5.75 Å². The van der Waals surface area contributed by atoms with Crippen molar-refractivity contribution in [1.29, 1.82) is 0 Å². The molecule has 4 rings (SSSR count). The van der Waals surface area contributed by atoms with E-state index in [-0.39, 0.29) is 11.8 Å². The lowest BCUT2D eigenvalue weighted by atomic mass is 9.87. The first-order chi connectivity index (χ1) is 14.2. The zero-order valence-electron chi connectivity index (χ0n) is 16.6. The summed E-state index contributed by atoms with van der Waals surface area (Å²) in [6.45, 7) is 0.663. The lowest BCUT2D eigenvalue weighted by Gasteiger charge is -2.21. The van der Waals surface area contributed by atoms with Crippen LogP contribution in [-0.2, 0) is 0 Å². The van der Waals surface area contributed by atoms with Gasteiger partial charge in [-0.3, -0.25) is 9.59 Å². The number of hydrogen-bond acceptors (Lipinski definition) is 4. The van der Waals surface area contributed by atoms with Gasteiger partial charge in [0.2, 0.25) is 0 Å². The summed E-state index contributed by atoms with van der Waals surface area (Å²) in [5.41, 5.74) is 1.71. The molecule has 5 nitrogen and oxygen atoms in total. The Morgan fingerprint density at radius 2 is 1.97 bits per heavy atom. The zero-order chi connectivity index (χ0) is 20.2. The van der Waals surface area contributed by atoms with Gasteiger partial charge < -0.3 is 15.4 Å². The number of amides is 2. The first kappa shape index (κ1) is 19.8. The summed E-state index contributed by atoms with van der Waals surface area (Å²) < 4.78 is 5.50. The molecule has 2 N–H and O–H groups in total. The third-order valence-electron chi connectivity index (χ3n) is 5.71. The maximum absolute atomic E-state index is 12.8. The molecule has 0 atom stereocenters. The first-order valence-corrected chi connectivity index (χ1v) is 11.1. The smallest absolute Gasteiger partial charge is 0.256 e. The molecule has 0 radical (unpaired) electrons. The predicted octanol–water partition coefficient (Wildman–Crippen LogP) is 5.11. The summed E-state index contributed by atoms with van der Waals surface area (Å²) in [6.07, 6.45) is 7.49. The third-order valence-corrected chi connectivity index (χ3v) is 6.84. The Labute approximate surface area is 175 Å². The van der Waals surface area contributed by atoms with Crippen LogP contribution in [0, 0.1) is 5.92 Å². The molecule has 0 saturated heterocycles. The second-order valence-corrected chi connectivity index (χ2v) is 8.73. The fourth-order valence-corrected chi connectivity index (χ4v) is 5.14. The SMILES string of the molecule is COc1cc2c(cc1C(=O)NCCC1CCCCC1)NC(=O)c1ccccc1S2. The van der Waals surface area contributed by atoms with Crippen LogP contribution in [0.1, 0.15) is 59.2 Å². The highest BCUT2D eigenvalue weighted by atomic mass is 32.2. The monoisotopic (exact) mass is 410 g/mol. The van der Waals surface area contributed by atoms with Gasteiger partial charge in [-0.25, -0.2) is 0 Å². The molecule has 2 aliphatic rings. The summed E-state index contributed by atoms with van der Waals surface area (Å²) in [5, 5.41) is 5.97. The van der Waals surface area contributed by atoms with E-state index in [9.17, 15) is 9.59 Å². The van der Waals surface area contributed by atoms with E-state index >= 15 is 0 Å². The van der Waals surface area contributed by atoms with E-state index < -0.39 is 0 Å². The fourth-order valence-electron chi connectivity index (χ4n) is 4.10. The van der Waals surface area contributed by atoms with Crippen molar-refractivity contribution in [3.8, 4) is 5.75 Å². The highest BCUT2D eigenvalue weighted by Crippen LogP contribution is 2.41. The van der Waals surface area contributed by atoms with Crippen LogP contribution in [0.2, 0.25) is 0 Å². The highest BCUT2D eigenvalue weighted by Gasteiger charge is 2.23. The van der Waals surface area contributed by atoms with E-state index in [2.05, 4.69) is 10.6 Å². The van der Waals surface area contributed by atoms with Gasteiger partial charge >= 0.3 is 0 Å². The van der Waals surface area contributed by atoms with Crippen LogP contribution < -0.4 is 15.4 Å². The van der Waals surface area contributed by atoms with Crippen molar-refractivity contribution in [3.63, 3.8) is 0 Å². The third kappa shape index (κ3) is 4.42. The molecule has 152 valence electrons. The van der Waals surface area contributed by atoms with Crippen LogP contribution in [0.3, 0.4) is 0 Å². The van der Waals surface area contributed by atoms with E-state index in [0.717, 1.165) is 16.2 Å². The van der Waals surface area contributed by atoms with Crippen molar-refractivity contribution in [1.82, 2.24) is 5.32 Å². The predicted molar refractivity (Wildman–Crippen MR) is 115 cm³/mol. The molecule has 2 aromatic carbocycles. The Kier molecular flexibility index (Phi) is 6.09. The molecule has 0 bridgehead atoms. The van der Waals surface area contributed by atoms with Crippen LogP contribution in [0.4, 0.5) is 5.69 Å². The number of ether oxygens (including phenoxy) is 1. The quantitative estimate of drug-likeness (QED) is 0.719. The number of carbonyl (C=O) groups is 2. The number of anilines is 1. The van der Waals surface area contributed by atoms with Crippen molar-refractivity contribution >= 4 is 29.3 Å². The van der Waals surface area contributed by atoms with Gasteiger partial charge in [0.15, 0.2) is 0 Å². The summed E-state index contributed by atoms with van der Waals surface area (Å²) in [7, 11) is 1.56. The molecule has 1 aliphatic carbocycles. The highest BCUT2D eigenvalue weighted by molar-refractivity contribution is 7.99. The number of rotatable bonds is 5. The minimum absolute atomic E-state index is 0.165. The van der Waals surface area contributed by atoms with Gasteiger partial charge in [0, 0.05) is 16.3 Å². The summed E-state index contributed by atoms with van der Waals surface area (Å²) in [6, 6.07) is 11.0. The minimum atomic E-state index is -0.166. The first-order valence-electron chi connectivity index (χ1n) is 10.2. The normalized spacial score (nSPS) is 16.2. The van der Waals surface area contributed by atoms with Crippen LogP contribution in [0.15, 0.2) is 46.2 Å². The Morgan fingerprint density at radius 3 is 2.76 bits per heavy atom. The number of fused-ring (bicyclic) bond motifs is 2. The van der Waals surface area contributed by atoms with Gasteiger partial charge in [-0.2, -0.15) is 0 Å². The van der Waals surface area contributed by atoms with Gasteiger partial charge in [-0.05, 0) is 36.6 Å². The van der Waals surface area contributed by atoms with E-state index in [0.29, 0.717) is 35.0 Å². The zero-order valence-corrected chi connectivity index (χ0v) is 17.4. The van der Waals surface area contributed by atoms with Crippen molar-refractivity contribution in [2.75, 3.05) is 19.0 Å². The van der Waals surface area contributed by atoms with Crippen molar-refractivity contribution in [2.24, 2.45) is 5.92 Å². The molecule has 0 spiro atoms. The van der Waals surface area contributed by atoms with Crippen molar-refractivity contribution in [2.45, 2.75) is 48.3 Å². The van der Waals surface area contributed by atoms with Gasteiger partial charge in [-0.1, -0.05) is 56.0 Å². The lowest BCUT2D eigenvalue weighted by molar-refractivity contribution is 0.0945. The van der Waals surface area contributed by atoms with Crippen LogP contribution in [0.5, 0.6) is 5.75 Å². The van der Waals surface area contributed by atoms with Gasteiger partial charge in [-0.15, -0.1) is 0 Å². The van der Waals surface area contributed by atoms with Crippen LogP contribution >= 0.6 is 11.8 Å². The topological polar surface area (TPSA) is 67.4 Å². The number of carbonyl (C=O) groups excluding carboxylic acids is 2. The summed E-state index contributed by atoms with van der Waals surface area (Å²) in [5.74, 6) is 0.898. The van der Waals surface area contributed by atoms with Crippen LogP contribution in [-0.4, -0.2) is 25.5 Å². The second-order valence-electron chi connectivity index (χ2n) is 7.65. The maximum Gasteiger partial charge on any atom is 0.256 e. The van der Waals surface area contributed by atoms with E-state index in [1.807, 2.05) is 24.3 Å². The Bertz CT molecular complexity index is 922. The Hall–Kier alpha value is -2.47. The number of benzene rings is 2. The molecular weight excluding hydrogens is 384 g/mol. The fraction of sp³-hybridized carbons (Fsp3) is 0.391. The van der Waals surface area contributed by atoms with Crippen molar-refractivity contribution < 1.29 is 14.3 Å². The van der Waals surface area contributed by atoms with Gasteiger partial charge in [0.25, 0.3) is 11.8 Å². The molecule has 2 amide bonds. The summed E-state index contributed by atoms with van der Waals surface area (Å²) >= 11 is 1.50. The molecule has 0 unspecified atom stereocenters. The largest absolute Gasteiger partial charge is 0.496 e. The molecule has 2 aromatic rings. The number of nitrogens with one attached hydrogen (secondary N) is 2. The lowest BCUT2D eigenvalue weighted by Crippen LogP contribution is -2.27. The molecule has 1 saturated carbocycles. The minimum Gasteiger partial charge on any atom is -0.496 e. The standard InChI is InChI=1S/C23H26N2O3S/c1-28-19-14-21-18(25-23(27)16-9-5-6-10-20(16)29-21)13-17(19)22(26)24-12-11-15-7-3-2-4-8-15/h5-6,9-10,13-15H,2-4,7-8,11-12H2,1H3,(H,24,26)(H,25,27). The second kappa shape index (κ2) is 8.91. The number of hydrogen-bond donors (Lipinski definition) is 2. The van der Waals surface area contributed by atoms with E-state index in [4.69, 9.17) is 4.74 Å². The van der Waals surface area contributed by atoms with Gasteiger partial charge in [0.05, 0.1) is 23.9 Å². The van der Waals surface area contributed by atoms with E-state index in [1.54, 1.807) is 19.2 Å². The Balaban J connectivity index is 1.52. The number of methoxy groups -OCH3 is 1. The van der Waals surface area contributed by atoms with E-state index in [1.165, 1.54) is 43.9 Å². The summed E-state index contributed by atoms with van der Waals surface area (Å²) in [4.78, 5) is 27.2. The molecule has 1 aliphatic heterocycles. The average Bonchev–Trinajstić information content (AvgIpc) is 2.89. The molecule has 1 heterocycles. The average molecular weight is 411 g/mol. The molecule has 29 heavy (non-hydrogen) atoms. The molecule has 1 fully saturated rings. The van der Waals surface area contributed by atoms with Crippen molar-refractivity contribution in [3.05, 3.63) is 47.5 Å². The molecule has 6 heteroatoms. The Morgan fingerprint density at radius 1 is 1.17 bits per heavy atom. The molecular formula is C23H26N2O3S. The maximum atomic E-state index is 12.8.